The molecule has 1 aromatic heterocycles. The normalized spacial score (nSPS) is 14.3. The van der Waals surface area contributed by atoms with Crippen LogP contribution in [-0.4, -0.2) is 28.2 Å². The van der Waals surface area contributed by atoms with Gasteiger partial charge in [-0.25, -0.2) is 4.98 Å². The number of nitrogens with two attached hydrogens (primary N) is 1. The van der Waals surface area contributed by atoms with Crippen LogP contribution in [0.15, 0.2) is 24.3 Å². The first-order chi connectivity index (χ1) is 8.95. The Morgan fingerprint density at radius 2 is 2.16 bits per heavy atom. The van der Waals surface area contributed by atoms with Crippen LogP contribution in [-0.2, 0) is 16.1 Å². The van der Waals surface area contributed by atoms with Crippen molar-refractivity contribution < 1.29 is 9.53 Å². The summed E-state index contributed by atoms with van der Waals surface area (Å²) in [6.45, 7) is 4.27. The van der Waals surface area contributed by atoms with Crippen LogP contribution >= 0.6 is 0 Å². The van der Waals surface area contributed by atoms with Gasteiger partial charge in [0.25, 0.3) is 0 Å². The van der Waals surface area contributed by atoms with E-state index < -0.39 is 11.5 Å². The van der Waals surface area contributed by atoms with E-state index in [1.54, 1.807) is 6.92 Å². The molecule has 5 heteroatoms. The molecule has 1 unspecified atom stereocenters. The van der Waals surface area contributed by atoms with Crippen LogP contribution in [0, 0.1) is 6.92 Å². The number of benzene rings is 1. The fourth-order valence-corrected chi connectivity index (χ4v) is 2.16. The monoisotopic (exact) mass is 261 g/mol. The summed E-state index contributed by atoms with van der Waals surface area (Å²) in [6.07, 6.45) is 0.501. The van der Waals surface area contributed by atoms with Crippen molar-refractivity contribution in [1.29, 1.82) is 0 Å². The Bertz CT molecular complexity index is 602. The molecule has 0 bridgehead atoms. The highest BCUT2D eigenvalue weighted by Gasteiger charge is 2.29. The molecule has 2 aromatic rings. The zero-order chi connectivity index (χ0) is 14.0. The third-order valence-electron chi connectivity index (χ3n) is 3.35. The van der Waals surface area contributed by atoms with E-state index >= 15 is 0 Å². The Morgan fingerprint density at radius 1 is 1.47 bits per heavy atom. The van der Waals surface area contributed by atoms with E-state index in [1.807, 2.05) is 31.2 Å². The number of hydrogen-bond acceptors (Lipinski definition) is 4. The average molecular weight is 261 g/mol. The fraction of sp³-hybridized carbons (Fsp3) is 0.429. The first kappa shape index (κ1) is 13.5. The molecule has 0 amide bonds. The van der Waals surface area contributed by atoms with E-state index in [0.717, 1.165) is 16.9 Å². The molecule has 2 N–H and O–H groups in total. The maximum Gasteiger partial charge on any atom is 0.325 e. The number of imidazole rings is 1. The summed E-state index contributed by atoms with van der Waals surface area (Å²) in [5.74, 6) is 0.524. The van der Waals surface area contributed by atoms with Crippen LogP contribution in [0.1, 0.15) is 19.2 Å². The summed E-state index contributed by atoms with van der Waals surface area (Å²) in [4.78, 5) is 16.1. The minimum atomic E-state index is -0.980. The molecule has 1 atom stereocenters. The number of fused-ring (bicyclic) bond motifs is 1. The van der Waals surface area contributed by atoms with E-state index in [4.69, 9.17) is 10.5 Å². The fourth-order valence-electron chi connectivity index (χ4n) is 2.16. The van der Waals surface area contributed by atoms with E-state index in [9.17, 15) is 4.79 Å². The first-order valence-corrected chi connectivity index (χ1v) is 6.25. The maximum atomic E-state index is 11.6. The molecular formula is C14H19N3O2. The minimum Gasteiger partial charge on any atom is -0.468 e. The van der Waals surface area contributed by atoms with Crippen molar-refractivity contribution in [2.45, 2.75) is 32.4 Å². The molecule has 0 fully saturated rings. The van der Waals surface area contributed by atoms with Crippen molar-refractivity contribution in [3.05, 3.63) is 30.1 Å². The lowest BCUT2D eigenvalue weighted by molar-refractivity contribution is -0.146. The standard InChI is InChI=1S/C14H19N3O2/c1-10-16-11-6-4-5-7-12(11)17(10)9-8-14(2,15)13(18)19-3/h4-7H,8-9,15H2,1-3H3. The minimum absolute atomic E-state index is 0.394. The largest absolute Gasteiger partial charge is 0.468 e. The number of aromatic nitrogens is 2. The maximum absolute atomic E-state index is 11.6. The second-order valence-electron chi connectivity index (χ2n) is 4.96. The topological polar surface area (TPSA) is 70.1 Å². The molecule has 0 saturated carbocycles. The third kappa shape index (κ3) is 2.61. The van der Waals surface area contributed by atoms with Gasteiger partial charge in [0.1, 0.15) is 11.4 Å². The van der Waals surface area contributed by atoms with Gasteiger partial charge in [-0.3, -0.25) is 4.79 Å². The zero-order valence-electron chi connectivity index (χ0n) is 11.5. The van der Waals surface area contributed by atoms with E-state index in [0.29, 0.717) is 13.0 Å². The van der Waals surface area contributed by atoms with Gasteiger partial charge in [0, 0.05) is 6.54 Å². The second kappa shape index (κ2) is 5.01. The van der Waals surface area contributed by atoms with Gasteiger partial charge in [-0.2, -0.15) is 0 Å². The molecule has 2 rings (SSSR count). The number of ether oxygens (including phenoxy) is 1. The predicted molar refractivity (Wildman–Crippen MR) is 73.7 cm³/mol. The average Bonchev–Trinajstić information content (AvgIpc) is 2.71. The molecule has 1 heterocycles. The molecule has 0 aliphatic rings. The number of hydrogen-bond donors (Lipinski definition) is 1. The summed E-state index contributed by atoms with van der Waals surface area (Å²) < 4.78 is 6.79. The van der Waals surface area contributed by atoms with E-state index in [-0.39, 0.29) is 0 Å². The number of nitrogens with zero attached hydrogens (tertiary/aromatic N) is 2. The lowest BCUT2D eigenvalue weighted by Crippen LogP contribution is -2.46. The third-order valence-corrected chi connectivity index (χ3v) is 3.35. The first-order valence-electron chi connectivity index (χ1n) is 6.25. The van der Waals surface area contributed by atoms with Crippen LogP contribution in [0.3, 0.4) is 0 Å². The summed E-state index contributed by atoms with van der Waals surface area (Å²) in [6, 6.07) is 7.92. The molecule has 0 aliphatic carbocycles. The van der Waals surface area contributed by atoms with Crippen LogP contribution in [0.25, 0.3) is 11.0 Å². The Morgan fingerprint density at radius 3 is 2.84 bits per heavy atom. The molecule has 102 valence electrons. The SMILES string of the molecule is COC(=O)C(C)(N)CCn1c(C)nc2ccccc21. The van der Waals surface area contributed by atoms with Gasteiger partial charge in [-0.05, 0) is 32.4 Å². The van der Waals surface area contributed by atoms with Gasteiger partial charge in [-0.15, -0.1) is 0 Å². The van der Waals surface area contributed by atoms with Crippen molar-refractivity contribution in [2.24, 2.45) is 5.73 Å². The molecule has 0 saturated heterocycles. The summed E-state index contributed by atoms with van der Waals surface area (Å²) in [7, 11) is 1.35. The van der Waals surface area contributed by atoms with E-state index in [1.165, 1.54) is 7.11 Å². The highest BCUT2D eigenvalue weighted by molar-refractivity contribution is 5.80. The molecule has 19 heavy (non-hydrogen) atoms. The second-order valence-corrected chi connectivity index (χ2v) is 4.96. The van der Waals surface area contributed by atoms with Gasteiger partial charge in [0.15, 0.2) is 0 Å². The highest BCUT2D eigenvalue weighted by atomic mass is 16.5. The number of methoxy groups -OCH3 is 1. The van der Waals surface area contributed by atoms with Gasteiger partial charge in [-0.1, -0.05) is 12.1 Å². The Balaban J connectivity index is 2.23. The predicted octanol–water partition coefficient (Wildman–Crippen LogP) is 1.63. The van der Waals surface area contributed by atoms with Gasteiger partial charge in [0.05, 0.1) is 18.1 Å². The molecule has 0 spiro atoms. The van der Waals surface area contributed by atoms with Crippen molar-refractivity contribution >= 4 is 17.0 Å². The summed E-state index contributed by atoms with van der Waals surface area (Å²) >= 11 is 0. The van der Waals surface area contributed by atoms with Crippen LogP contribution in [0.2, 0.25) is 0 Å². The molecule has 0 radical (unpaired) electrons. The van der Waals surface area contributed by atoms with Crippen LogP contribution in [0.4, 0.5) is 0 Å². The van der Waals surface area contributed by atoms with E-state index in [2.05, 4.69) is 9.55 Å². The Hall–Kier alpha value is -1.88. The van der Waals surface area contributed by atoms with Gasteiger partial charge >= 0.3 is 5.97 Å². The number of para-hydroxylation sites is 2. The lowest BCUT2D eigenvalue weighted by Gasteiger charge is -2.22. The molecular weight excluding hydrogens is 242 g/mol. The Kier molecular flexibility index (Phi) is 3.57. The van der Waals surface area contributed by atoms with Gasteiger partial charge < -0.3 is 15.0 Å². The lowest BCUT2D eigenvalue weighted by atomic mass is 9.99. The van der Waals surface area contributed by atoms with Gasteiger partial charge in [0.2, 0.25) is 0 Å². The van der Waals surface area contributed by atoms with Crippen molar-refractivity contribution in [3.8, 4) is 0 Å². The smallest absolute Gasteiger partial charge is 0.325 e. The summed E-state index contributed by atoms with van der Waals surface area (Å²) in [5, 5.41) is 0. The molecule has 1 aromatic carbocycles. The molecule has 5 nitrogen and oxygen atoms in total. The van der Waals surface area contributed by atoms with Crippen molar-refractivity contribution in [2.75, 3.05) is 7.11 Å². The Labute approximate surface area is 112 Å². The molecule has 0 aliphatic heterocycles. The van der Waals surface area contributed by atoms with Crippen molar-refractivity contribution in [3.63, 3.8) is 0 Å². The number of carbonyl (C=O) groups is 1. The quantitative estimate of drug-likeness (QED) is 0.849. The number of esters is 1. The van der Waals surface area contributed by atoms with Crippen LogP contribution in [0.5, 0.6) is 0 Å². The zero-order valence-corrected chi connectivity index (χ0v) is 11.5. The van der Waals surface area contributed by atoms with Crippen molar-refractivity contribution in [1.82, 2.24) is 9.55 Å². The highest BCUT2D eigenvalue weighted by Crippen LogP contribution is 2.18. The number of rotatable bonds is 4. The summed E-state index contributed by atoms with van der Waals surface area (Å²) in [5.41, 5.74) is 7.01. The van der Waals surface area contributed by atoms with Crippen LogP contribution < -0.4 is 5.73 Å². The number of carbonyl (C=O) groups excluding carboxylic acids is 1. The number of aryl methyl sites for hydroxylation is 2.